The van der Waals surface area contributed by atoms with Gasteiger partial charge in [0.1, 0.15) is 18.0 Å². The monoisotopic (exact) mass is 236 g/mol. The van der Waals surface area contributed by atoms with Crippen LogP contribution in [0.4, 0.5) is 0 Å². The van der Waals surface area contributed by atoms with E-state index in [9.17, 15) is 5.11 Å². The molecule has 1 N–H and O–H groups in total. The summed E-state index contributed by atoms with van der Waals surface area (Å²) >= 11 is 0. The predicted molar refractivity (Wildman–Crippen MR) is 66.4 cm³/mol. The summed E-state index contributed by atoms with van der Waals surface area (Å²) in [4.78, 5) is 0. The van der Waals surface area contributed by atoms with Gasteiger partial charge in [0.15, 0.2) is 0 Å². The van der Waals surface area contributed by atoms with Gasteiger partial charge in [-0.3, -0.25) is 0 Å². The van der Waals surface area contributed by atoms with Crippen molar-refractivity contribution in [3.05, 3.63) is 29.8 Å². The molecule has 0 radical (unpaired) electrons. The molecule has 94 valence electrons. The van der Waals surface area contributed by atoms with Crippen LogP contribution in [0.15, 0.2) is 24.3 Å². The highest BCUT2D eigenvalue weighted by molar-refractivity contribution is 5.31. The Hall–Kier alpha value is -1.06. The van der Waals surface area contributed by atoms with Crippen LogP contribution in [0.2, 0.25) is 0 Å². The molecule has 3 heteroatoms. The van der Waals surface area contributed by atoms with Gasteiger partial charge in [-0.15, -0.1) is 0 Å². The lowest BCUT2D eigenvalue weighted by Crippen LogP contribution is -2.29. The van der Waals surface area contributed by atoms with Crippen molar-refractivity contribution >= 4 is 0 Å². The van der Waals surface area contributed by atoms with E-state index >= 15 is 0 Å². The fraction of sp³-hybridized carbons (Fsp3) is 0.571. The number of hydrogen-bond donors (Lipinski definition) is 1. The maximum absolute atomic E-state index is 9.58. The highest BCUT2D eigenvalue weighted by atomic mass is 16.6. The van der Waals surface area contributed by atoms with Crippen molar-refractivity contribution in [2.75, 3.05) is 13.2 Å². The Labute approximate surface area is 102 Å². The molecule has 2 rings (SSSR count). The van der Waals surface area contributed by atoms with Crippen molar-refractivity contribution in [3.8, 4) is 5.75 Å². The Morgan fingerprint density at radius 1 is 1.18 bits per heavy atom. The second-order valence-corrected chi connectivity index (χ2v) is 5.54. The quantitative estimate of drug-likeness (QED) is 0.855. The van der Waals surface area contributed by atoms with E-state index in [-0.39, 0.29) is 11.5 Å². The molecule has 0 aromatic heterocycles. The smallest absolute Gasteiger partial charge is 0.150 e. The largest absolute Gasteiger partial charge is 0.485 e. The first-order chi connectivity index (χ1) is 7.97. The van der Waals surface area contributed by atoms with Gasteiger partial charge in [-0.25, -0.2) is 0 Å². The van der Waals surface area contributed by atoms with Crippen molar-refractivity contribution < 1.29 is 14.6 Å². The topological polar surface area (TPSA) is 38.7 Å². The van der Waals surface area contributed by atoms with Crippen LogP contribution in [0.5, 0.6) is 5.75 Å². The van der Waals surface area contributed by atoms with E-state index in [1.165, 1.54) is 5.56 Å². The molecule has 0 saturated carbocycles. The molecule has 1 heterocycles. The second-order valence-electron chi connectivity index (χ2n) is 5.54. The van der Waals surface area contributed by atoms with Gasteiger partial charge < -0.3 is 14.6 Å². The molecule has 17 heavy (non-hydrogen) atoms. The zero-order valence-corrected chi connectivity index (χ0v) is 10.6. The lowest BCUT2D eigenvalue weighted by molar-refractivity contribution is 0.0733. The maximum atomic E-state index is 9.58. The Balaban J connectivity index is 2.03. The summed E-state index contributed by atoms with van der Waals surface area (Å²) in [5.74, 6) is 0.785. The molecule has 1 aliphatic rings. The number of aliphatic hydroxyl groups is 1. The van der Waals surface area contributed by atoms with E-state index in [0.29, 0.717) is 13.2 Å². The average molecular weight is 236 g/mol. The van der Waals surface area contributed by atoms with E-state index in [1.54, 1.807) is 0 Å². The Bertz CT molecular complexity index is 364. The highest BCUT2D eigenvalue weighted by Gasteiger charge is 2.28. The van der Waals surface area contributed by atoms with E-state index in [4.69, 9.17) is 9.47 Å². The van der Waals surface area contributed by atoms with Crippen LogP contribution >= 0.6 is 0 Å². The first-order valence-corrected chi connectivity index (χ1v) is 6.00. The van der Waals surface area contributed by atoms with Crippen LogP contribution in [0, 0.1) is 0 Å². The van der Waals surface area contributed by atoms with Crippen LogP contribution in [-0.2, 0) is 10.2 Å². The molecular weight excluding hydrogens is 216 g/mol. The zero-order chi connectivity index (χ0) is 12.5. The molecule has 0 amide bonds. The van der Waals surface area contributed by atoms with Crippen LogP contribution in [-0.4, -0.2) is 30.5 Å². The maximum Gasteiger partial charge on any atom is 0.150 e. The molecule has 2 atom stereocenters. The molecule has 1 aromatic rings. The highest BCUT2D eigenvalue weighted by Crippen LogP contribution is 2.25. The van der Waals surface area contributed by atoms with Crippen molar-refractivity contribution in [1.82, 2.24) is 0 Å². The summed E-state index contributed by atoms with van der Waals surface area (Å²) in [6.07, 6.45) is -0.757. The molecule has 1 saturated heterocycles. The van der Waals surface area contributed by atoms with Gasteiger partial charge >= 0.3 is 0 Å². The minimum absolute atomic E-state index is 0.147. The standard InChI is InChI=1S/C14H20O3/c1-14(2,3)10-4-6-11(7-5-10)17-13-9-16-8-12(13)15/h4-7,12-13,15H,8-9H2,1-3H3/t12-,13-/m0/s1. The Kier molecular flexibility index (Phi) is 3.40. The first-order valence-electron chi connectivity index (χ1n) is 6.00. The zero-order valence-electron chi connectivity index (χ0n) is 10.6. The van der Waals surface area contributed by atoms with E-state index in [1.807, 2.05) is 12.1 Å². The number of aliphatic hydroxyl groups excluding tert-OH is 1. The summed E-state index contributed by atoms with van der Waals surface area (Å²) in [5.41, 5.74) is 1.42. The summed E-state index contributed by atoms with van der Waals surface area (Å²) in [7, 11) is 0. The van der Waals surface area contributed by atoms with Crippen molar-refractivity contribution in [3.63, 3.8) is 0 Å². The first kappa shape index (κ1) is 12.4. The fourth-order valence-corrected chi connectivity index (χ4v) is 1.84. The van der Waals surface area contributed by atoms with E-state index in [2.05, 4.69) is 32.9 Å². The molecule has 1 aliphatic heterocycles. The van der Waals surface area contributed by atoms with E-state index in [0.717, 1.165) is 5.75 Å². The second kappa shape index (κ2) is 4.67. The van der Waals surface area contributed by atoms with Crippen LogP contribution in [0.1, 0.15) is 26.3 Å². The van der Waals surface area contributed by atoms with Gasteiger partial charge in [0.05, 0.1) is 13.2 Å². The molecule has 1 fully saturated rings. The lowest BCUT2D eigenvalue weighted by atomic mass is 9.87. The van der Waals surface area contributed by atoms with Gasteiger partial charge in [-0.2, -0.15) is 0 Å². The Morgan fingerprint density at radius 3 is 2.29 bits per heavy atom. The van der Waals surface area contributed by atoms with Gasteiger partial charge in [0.2, 0.25) is 0 Å². The Morgan fingerprint density at radius 2 is 1.82 bits per heavy atom. The van der Waals surface area contributed by atoms with Gasteiger partial charge in [-0.05, 0) is 23.1 Å². The summed E-state index contributed by atoms with van der Waals surface area (Å²) < 4.78 is 10.8. The third-order valence-corrected chi connectivity index (χ3v) is 3.01. The number of rotatable bonds is 2. The molecular formula is C14H20O3. The minimum atomic E-state index is -0.516. The van der Waals surface area contributed by atoms with Crippen molar-refractivity contribution in [1.29, 1.82) is 0 Å². The minimum Gasteiger partial charge on any atom is -0.485 e. The fourth-order valence-electron chi connectivity index (χ4n) is 1.84. The SMILES string of the molecule is CC(C)(C)c1ccc(O[C@H]2COC[C@@H]2O)cc1. The predicted octanol–water partition coefficient (Wildman–Crippen LogP) is 2.12. The molecule has 0 aliphatic carbocycles. The van der Waals surface area contributed by atoms with Crippen molar-refractivity contribution in [2.45, 2.75) is 38.4 Å². The molecule has 3 nitrogen and oxygen atoms in total. The van der Waals surface area contributed by atoms with Crippen LogP contribution < -0.4 is 4.74 Å². The lowest BCUT2D eigenvalue weighted by Gasteiger charge is -2.20. The number of ether oxygens (including phenoxy) is 2. The average Bonchev–Trinajstić information content (AvgIpc) is 2.64. The van der Waals surface area contributed by atoms with Gasteiger partial charge in [0.25, 0.3) is 0 Å². The summed E-state index contributed by atoms with van der Waals surface area (Å²) in [5, 5.41) is 9.58. The number of benzene rings is 1. The van der Waals surface area contributed by atoms with Crippen LogP contribution in [0.3, 0.4) is 0 Å². The summed E-state index contributed by atoms with van der Waals surface area (Å²) in [6, 6.07) is 8.03. The number of hydrogen-bond acceptors (Lipinski definition) is 3. The normalized spacial score (nSPS) is 24.9. The van der Waals surface area contributed by atoms with Gasteiger partial charge in [-0.1, -0.05) is 32.9 Å². The molecule has 0 spiro atoms. The van der Waals surface area contributed by atoms with Gasteiger partial charge in [0, 0.05) is 0 Å². The molecule has 1 aromatic carbocycles. The molecule has 0 bridgehead atoms. The van der Waals surface area contributed by atoms with Crippen molar-refractivity contribution in [2.24, 2.45) is 0 Å². The third-order valence-electron chi connectivity index (χ3n) is 3.01. The molecule has 0 unspecified atom stereocenters. The third kappa shape index (κ3) is 2.99. The summed E-state index contributed by atoms with van der Waals surface area (Å²) in [6.45, 7) is 7.36. The van der Waals surface area contributed by atoms with E-state index < -0.39 is 6.10 Å². The van der Waals surface area contributed by atoms with Crippen LogP contribution in [0.25, 0.3) is 0 Å².